The van der Waals surface area contributed by atoms with Gasteiger partial charge in [-0.2, -0.15) is 0 Å². The van der Waals surface area contributed by atoms with Gasteiger partial charge in [0.15, 0.2) is 0 Å². The van der Waals surface area contributed by atoms with E-state index >= 15 is 0 Å². The lowest BCUT2D eigenvalue weighted by Gasteiger charge is -2.43. The summed E-state index contributed by atoms with van der Waals surface area (Å²) in [5.74, 6) is -1.28. The molecule has 1 aromatic heterocycles. The van der Waals surface area contributed by atoms with Crippen LogP contribution >= 0.6 is 0 Å². The number of rotatable bonds is 5. The van der Waals surface area contributed by atoms with Crippen LogP contribution in [0.25, 0.3) is 5.69 Å². The van der Waals surface area contributed by atoms with E-state index in [9.17, 15) is 9.59 Å². The van der Waals surface area contributed by atoms with E-state index in [1.165, 1.54) is 6.42 Å². The van der Waals surface area contributed by atoms with Crippen LogP contribution in [0.15, 0.2) is 36.9 Å². The van der Waals surface area contributed by atoms with Crippen LogP contribution in [0, 0.1) is 0 Å². The van der Waals surface area contributed by atoms with Crippen LogP contribution in [-0.4, -0.2) is 57.7 Å². The standard InChI is InChI=1S/C19H26N6O2/c1-24(2)19(9-4-3-5-10-19)12-20-17(26)18(27)23-15-7-6-8-16(11-15)25-13-21-22-14-25/h6-8,11,13-14H,3-5,9-10,12H2,1-2H3,(H,20,26)(H,23,27). The molecule has 0 atom stereocenters. The molecule has 0 radical (unpaired) electrons. The minimum Gasteiger partial charge on any atom is -0.346 e. The van der Waals surface area contributed by atoms with Crippen LogP contribution in [0.3, 0.4) is 0 Å². The van der Waals surface area contributed by atoms with Gasteiger partial charge in [0.2, 0.25) is 0 Å². The van der Waals surface area contributed by atoms with Crippen molar-refractivity contribution in [1.29, 1.82) is 0 Å². The van der Waals surface area contributed by atoms with Gasteiger partial charge < -0.3 is 15.5 Å². The lowest BCUT2D eigenvalue weighted by atomic mass is 9.80. The number of hydrogen-bond acceptors (Lipinski definition) is 5. The molecule has 2 N–H and O–H groups in total. The second-order valence-electron chi connectivity index (χ2n) is 7.24. The summed E-state index contributed by atoms with van der Waals surface area (Å²) < 4.78 is 1.72. The van der Waals surface area contributed by atoms with E-state index in [1.54, 1.807) is 35.4 Å². The van der Waals surface area contributed by atoms with Gasteiger partial charge in [0.1, 0.15) is 12.7 Å². The van der Waals surface area contributed by atoms with Gasteiger partial charge in [0, 0.05) is 17.8 Å². The molecule has 27 heavy (non-hydrogen) atoms. The maximum absolute atomic E-state index is 12.3. The van der Waals surface area contributed by atoms with Crippen molar-refractivity contribution in [2.24, 2.45) is 0 Å². The van der Waals surface area contributed by atoms with Gasteiger partial charge in [0.25, 0.3) is 0 Å². The maximum atomic E-state index is 12.3. The van der Waals surface area contributed by atoms with Crippen LogP contribution in [0.1, 0.15) is 32.1 Å². The van der Waals surface area contributed by atoms with E-state index in [0.717, 1.165) is 31.4 Å². The number of carbonyl (C=O) groups is 2. The minimum absolute atomic E-state index is 0.0669. The van der Waals surface area contributed by atoms with Gasteiger partial charge in [-0.05, 0) is 45.1 Å². The first kappa shape index (κ1) is 19.0. The Bertz CT molecular complexity index is 781. The molecule has 1 saturated carbocycles. The highest BCUT2D eigenvalue weighted by Crippen LogP contribution is 2.31. The average molecular weight is 370 g/mol. The predicted molar refractivity (Wildman–Crippen MR) is 103 cm³/mol. The lowest BCUT2D eigenvalue weighted by molar-refractivity contribution is -0.136. The van der Waals surface area contributed by atoms with Crippen molar-refractivity contribution < 1.29 is 9.59 Å². The third-order valence-corrected chi connectivity index (χ3v) is 5.34. The van der Waals surface area contributed by atoms with Crippen molar-refractivity contribution in [2.45, 2.75) is 37.6 Å². The Morgan fingerprint density at radius 2 is 1.81 bits per heavy atom. The Morgan fingerprint density at radius 3 is 2.48 bits per heavy atom. The summed E-state index contributed by atoms with van der Waals surface area (Å²) in [4.78, 5) is 26.8. The Balaban J connectivity index is 1.59. The average Bonchev–Trinajstić information content (AvgIpc) is 3.22. The molecule has 2 aromatic rings. The molecule has 1 aliphatic rings. The number of benzene rings is 1. The number of nitrogens with zero attached hydrogens (tertiary/aromatic N) is 4. The fourth-order valence-corrected chi connectivity index (χ4v) is 3.58. The molecule has 8 nitrogen and oxygen atoms in total. The topological polar surface area (TPSA) is 92.2 Å². The van der Waals surface area contributed by atoms with E-state index in [2.05, 4.69) is 25.7 Å². The van der Waals surface area contributed by atoms with E-state index in [-0.39, 0.29) is 5.54 Å². The Hall–Kier alpha value is -2.74. The summed E-state index contributed by atoms with van der Waals surface area (Å²) >= 11 is 0. The summed E-state index contributed by atoms with van der Waals surface area (Å²) in [6.45, 7) is 0.479. The zero-order chi connectivity index (χ0) is 19.3. The number of likely N-dealkylation sites (N-methyl/N-ethyl adjacent to an activating group) is 1. The second kappa shape index (κ2) is 8.30. The van der Waals surface area contributed by atoms with Crippen LogP contribution in [0.4, 0.5) is 5.69 Å². The van der Waals surface area contributed by atoms with Gasteiger partial charge in [-0.1, -0.05) is 25.3 Å². The van der Waals surface area contributed by atoms with Crippen LogP contribution in [0.2, 0.25) is 0 Å². The van der Waals surface area contributed by atoms with Gasteiger partial charge in [0.05, 0.1) is 5.69 Å². The summed E-state index contributed by atoms with van der Waals surface area (Å²) in [5, 5.41) is 13.0. The molecule has 0 unspecified atom stereocenters. The van der Waals surface area contributed by atoms with Crippen molar-refractivity contribution in [3.63, 3.8) is 0 Å². The lowest BCUT2D eigenvalue weighted by Crippen LogP contribution is -2.55. The van der Waals surface area contributed by atoms with E-state index in [0.29, 0.717) is 12.2 Å². The number of carbonyl (C=O) groups excluding carboxylic acids is 2. The molecule has 1 aliphatic carbocycles. The van der Waals surface area contributed by atoms with Gasteiger partial charge in [-0.15, -0.1) is 10.2 Å². The molecule has 0 saturated heterocycles. The Kier molecular flexibility index (Phi) is 5.85. The molecular formula is C19H26N6O2. The highest BCUT2D eigenvalue weighted by Gasteiger charge is 2.34. The van der Waals surface area contributed by atoms with Crippen molar-refractivity contribution >= 4 is 17.5 Å². The highest BCUT2D eigenvalue weighted by atomic mass is 16.2. The molecule has 3 rings (SSSR count). The zero-order valence-corrected chi connectivity index (χ0v) is 15.8. The molecular weight excluding hydrogens is 344 g/mol. The molecule has 1 heterocycles. The highest BCUT2D eigenvalue weighted by molar-refractivity contribution is 6.39. The smallest absolute Gasteiger partial charge is 0.313 e. The molecule has 0 spiro atoms. The first-order chi connectivity index (χ1) is 13.0. The minimum atomic E-state index is -0.666. The molecule has 144 valence electrons. The molecule has 2 amide bonds. The fraction of sp³-hybridized carbons (Fsp3) is 0.474. The van der Waals surface area contributed by atoms with Gasteiger partial charge >= 0.3 is 11.8 Å². The van der Waals surface area contributed by atoms with Crippen LogP contribution in [0.5, 0.6) is 0 Å². The number of aromatic nitrogens is 3. The first-order valence-electron chi connectivity index (χ1n) is 9.22. The number of hydrogen-bond donors (Lipinski definition) is 2. The quantitative estimate of drug-likeness (QED) is 0.780. The number of nitrogens with one attached hydrogen (secondary N) is 2. The van der Waals surface area contributed by atoms with Crippen molar-refractivity contribution in [1.82, 2.24) is 25.0 Å². The summed E-state index contributed by atoms with van der Waals surface area (Å²) in [7, 11) is 4.07. The number of anilines is 1. The van der Waals surface area contributed by atoms with E-state index < -0.39 is 11.8 Å². The predicted octanol–water partition coefficient (Wildman–Crippen LogP) is 1.59. The maximum Gasteiger partial charge on any atom is 0.313 e. The largest absolute Gasteiger partial charge is 0.346 e. The summed E-state index contributed by atoms with van der Waals surface area (Å²) in [6, 6.07) is 7.16. The van der Waals surface area contributed by atoms with Crippen molar-refractivity contribution in [3.05, 3.63) is 36.9 Å². The molecule has 1 fully saturated rings. The zero-order valence-electron chi connectivity index (χ0n) is 15.8. The Labute approximate surface area is 159 Å². The molecule has 1 aromatic carbocycles. The Morgan fingerprint density at radius 1 is 1.11 bits per heavy atom. The third-order valence-electron chi connectivity index (χ3n) is 5.34. The van der Waals surface area contributed by atoms with Crippen molar-refractivity contribution in [3.8, 4) is 5.69 Å². The number of amides is 2. The monoisotopic (exact) mass is 370 g/mol. The fourth-order valence-electron chi connectivity index (χ4n) is 3.58. The van der Waals surface area contributed by atoms with Gasteiger partial charge in [-0.25, -0.2) is 0 Å². The molecule has 0 bridgehead atoms. The van der Waals surface area contributed by atoms with Gasteiger partial charge in [-0.3, -0.25) is 14.2 Å². The van der Waals surface area contributed by atoms with Crippen LogP contribution in [-0.2, 0) is 9.59 Å². The first-order valence-corrected chi connectivity index (χ1v) is 9.22. The van der Waals surface area contributed by atoms with E-state index in [1.807, 2.05) is 20.2 Å². The van der Waals surface area contributed by atoms with Crippen molar-refractivity contribution in [2.75, 3.05) is 26.0 Å². The molecule has 0 aliphatic heterocycles. The summed E-state index contributed by atoms with van der Waals surface area (Å²) in [6.07, 6.45) is 8.72. The molecule has 8 heteroatoms. The van der Waals surface area contributed by atoms with E-state index in [4.69, 9.17) is 0 Å². The SMILES string of the molecule is CN(C)C1(CNC(=O)C(=O)Nc2cccc(-n3cnnc3)c2)CCCCC1. The normalized spacial score (nSPS) is 16.1. The third kappa shape index (κ3) is 4.51. The van der Waals surface area contributed by atoms with Crippen LogP contribution < -0.4 is 10.6 Å². The second-order valence-corrected chi connectivity index (χ2v) is 7.24. The summed E-state index contributed by atoms with van der Waals surface area (Å²) in [5.41, 5.74) is 1.27.